The largest absolute Gasteiger partial charge is 0.491 e. The third kappa shape index (κ3) is 4.35. The summed E-state index contributed by atoms with van der Waals surface area (Å²) in [5.41, 5.74) is 2.09. The minimum absolute atomic E-state index is 0.131. The van der Waals surface area contributed by atoms with Crippen molar-refractivity contribution in [1.29, 1.82) is 5.26 Å². The van der Waals surface area contributed by atoms with Crippen LogP contribution in [-0.2, 0) is 16.0 Å². The molecule has 0 aliphatic carbocycles. The van der Waals surface area contributed by atoms with Gasteiger partial charge < -0.3 is 23.9 Å². The molecule has 6 nitrogen and oxygen atoms in total. The fourth-order valence-corrected chi connectivity index (χ4v) is 2.62. The molecular weight excluding hydrogens is 333 g/mol. The van der Waals surface area contributed by atoms with E-state index in [9.17, 15) is 10.3 Å². The first-order valence-electron chi connectivity index (χ1n) is 8.45. The zero-order valence-corrected chi connectivity index (χ0v) is 14.8. The monoisotopic (exact) mass is 353 g/mol. The van der Waals surface area contributed by atoms with Gasteiger partial charge in [0.15, 0.2) is 0 Å². The van der Waals surface area contributed by atoms with Crippen molar-refractivity contribution in [2.75, 3.05) is 13.2 Å². The van der Waals surface area contributed by atoms with E-state index in [0.717, 1.165) is 11.0 Å². The Morgan fingerprint density at radius 1 is 1.19 bits per heavy atom. The Morgan fingerprint density at radius 3 is 2.73 bits per heavy atom. The van der Waals surface area contributed by atoms with E-state index in [2.05, 4.69) is 6.07 Å². The lowest BCUT2D eigenvalue weighted by Crippen LogP contribution is -2.27. The normalized spacial score (nSPS) is 12.8. The summed E-state index contributed by atoms with van der Waals surface area (Å²) in [4.78, 5) is 0. The summed E-state index contributed by atoms with van der Waals surface area (Å²) < 4.78 is 22.2. The lowest BCUT2D eigenvalue weighted by atomic mass is 9.80. The lowest BCUT2D eigenvalue weighted by molar-refractivity contribution is 0.0551. The molecule has 2 aromatic carbocycles. The number of ether oxygens (including phenoxy) is 3. The lowest BCUT2D eigenvalue weighted by Gasteiger charge is -2.12. The molecule has 0 saturated heterocycles. The number of hydrogen-bond donors (Lipinski definition) is 1. The first-order valence-corrected chi connectivity index (χ1v) is 8.45. The summed E-state index contributed by atoms with van der Waals surface area (Å²) in [5.74, 6) is 1.64. The van der Waals surface area contributed by atoms with Crippen molar-refractivity contribution in [3.63, 3.8) is 0 Å². The molecule has 0 spiro atoms. The standard InChI is InChI=1S/C19H20BNO5/c1-13(2)23-7-8-24-19-10-17(4-3-14(19)11-21)26-16-5-6-18-15(9-16)12-25-20(18)22/h3-6,9-10,13,22H,7-8,12H2,1-2H3. The number of hydrogen-bond acceptors (Lipinski definition) is 6. The van der Waals surface area contributed by atoms with E-state index in [4.69, 9.17) is 18.9 Å². The topological polar surface area (TPSA) is 80.9 Å². The highest BCUT2D eigenvalue weighted by molar-refractivity contribution is 6.61. The molecule has 1 aliphatic heterocycles. The molecule has 0 atom stereocenters. The van der Waals surface area contributed by atoms with Gasteiger partial charge in [0, 0.05) is 6.07 Å². The minimum atomic E-state index is -0.873. The summed E-state index contributed by atoms with van der Waals surface area (Å²) in [7, 11) is -0.873. The van der Waals surface area contributed by atoms with Gasteiger partial charge in [0.25, 0.3) is 0 Å². The van der Waals surface area contributed by atoms with Crippen molar-refractivity contribution in [2.45, 2.75) is 26.6 Å². The van der Waals surface area contributed by atoms with Crippen molar-refractivity contribution in [1.82, 2.24) is 0 Å². The Bertz CT molecular complexity index is 818. The molecule has 0 fully saturated rings. The number of nitrogens with zero attached hydrogens (tertiary/aromatic N) is 1. The average Bonchev–Trinajstić information content (AvgIpc) is 2.99. The average molecular weight is 353 g/mol. The molecule has 134 valence electrons. The molecule has 1 heterocycles. The highest BCUT2D eigenvalue weighted by atomic mass is 16.5. The summed E-state index contributed by atoms with van der Waals surface area (Å²) in [6.45, 7) is 5.06. The minimum Gasteiger partial charge on any atom is -0.490 e. The van der Waals surface area contributed by atoms with Crippen molar-refractivity contribution in [3.8, 4) is 23.3 Å². The number of benzene rings is 2. The van der Waals surface area contributed by atoms with Gasteiger partial charge in [0.2, 0.25) is 0 Å². The van der Waals surface area contributed by atoms with Crippen molar-refractivity contribution < 1.29 is 23.9 Å². The van der Waals surface area contributed by atoms with Crippen LogP contribution in [0.4, 0.5) is 0 Å². The summed E-state index contributed by atoms with van der Waals surface area (Å²) in [5, 5.41) is 18.9. The van der Waals surface area contributed by atoms with Crippen LogP contribution < -0.4 is 14.9 Å². The molecular formula is C19H20BNO5. The van der Waals surface area contributed by atoms with Crippen molar-refractivity contribution in [2.24, 2.45) is 0 Å². The van der Waals surface area contributed by atoms with Crippen LogP contribution in [0.2, 0.25) is 0 Å². The van der Waals surface area contributed by atoms with E-state index < -0.39 is 7.12 Å². The SMILES string of the molecule is CC(C)OCCOc1cc(Oc2ccc3c(c2)COB3O)ccc1C#N. The molecule has 0 saturated carbocycles. The molecule has 0 unspecified atom stereocenters. The first-order chi connectivity index (χ1) is 12.6. The Hall–Kier alpha value is -2.53. The van der Waals surface area contributed by atoms with Crippen LogP contribution in [0.1, 0.15) is 25.0 Å². The maximum atomic E-state index is 9.67. The van der Waals surface area contributed by atoms with Crippen LogP contribution in [0.25, 0.3) is 0 Å². The Kier molecular flexibility index (Phi) is 5.79. The van der Waals surface area contributed by atoms with Gasteiger partial charge in [-0.3, -0.25) is 0 Å². The second-order valence-electron chi connectivity index (χ2n) is 6.16. The van der Waals surface area contributed by atoms with Crippen LogP contribution in [0, 0.1) is 11.3 Å². The molecule has 0 bridgehead atoms. The second kappa shape index (κ2) is 8.24. The predicted molar refractivity (Wildman–Crippen MR) is 96.7 cm³/mol. The van der Waals surface area contributed by atoms with Gasteiger partial charge in [-0.1, -0.05) is 6.07 Å². The van der Waals surface area contributed by atoms with E-state index in [1.807, 2.05) is 19.9 Å². The van der Waals surface area contributed by atoms with Crippen molar-refractivity contribution >= 4 is 12.6 Å². The third-order valence-electron chi connectivity index (χ3n) is 3.88. The number of fused-ring (bicyclic) bond motifs is 1. The van der Waals surface area contributed by atoms with Gasteiger partial charge >= 0.3 is 7.12 Å². The van der Waals surface area contributed by atoms with Crippen molar-refractivity contribution in [3.05, 3.63) is 47.5 Å². The summed E-state index contributed by atoms with van der Waals surface area (Å²) in [6.07, 6.45) is 0.131. The van der Waals surface area contributed by atoms with E-state index in [1.54, 1.807) is 30.3 Å². The molecule has 0 amide bonds. The van der Waals surface area contributed by atoms with Gasteiger partial charge in [0.1, 0.15) is 29.9 Å². The Balaban J connectivity index is 1.70. The van der Waals surface area contributed by atoms with E-state index >= 15 is 0 Å². The molecule has 0 radical (unpaired) electrons. The molecule has 26 heavy (non-hydrogen) atoms. The summed E-state index contributed by atoms with van der Waals surface area (Å²) in [6, 6.07) is 12.6. The maximum absolute atomic E-state index is 9.67. The fraction of sp³-hybridized carbons (Fsp3) is 0.316. The second-order valence-corrected chi connectivity index (χ2v) is 6.16. The van der Waals surface area contributed by atoms with Gasteiger partial charge in [-0.05, 0) is 49.1 Å². The van der Waals surface area contributed by atoms with Crippen LogP contribution in [0.15, 0.2) is 36.4 Å². The molecule has 0 aromatic heterocycles. The van der Waals surface area contributed by atoms with Gasteiger partial charge in [-0.15, -0.1) is 0 Å². The molecule has 3 rings (SSSR count). The highest BCUT2D eigenvalue weighted by Crippen LogP contribution is 2.29. The van der Waals surface area contributed by atoms with Gasteiger partial charge in [-0.2, -0.15) is 5.26 Å². The van der Waals surface area contributed by atoms with Crippen LogP contribution >= 0.6 is 0 Å². The van der Waals surface area contributed by atoms with Gasteiger partial charge in [-0.25, -0.2) is 0 Å². The Morgan fingerprint density at radius 2 is 1.96 bits per heavy atom. The molecule has 1 aliphatic rings. The van der Waals surface area contributed by atoms with E-state index in [1.165, 1.54) is 0 Å². The quantitative estimate of drug-likeness (QED) is 0.608. The molecule has 7 heteroatoms. The smallest absolute Gasteiger partial charge is 0.490 e. The van der Waals surface area contributed by atoms with E-state index in [0.29, 0.717) is 42.6 Å². The zero-order chi connectivity index (χ0) is 18.5. The fourth-order valence-electron chi connectivity index (χ4n) is 2.62. The number of rotatable bonds is 7. The first kappa shape index (κ1) is 18.3. The number of nitriles is 1. The summed E-state index contributed by atoms with van der Waals surface area (Å²) >= 11 is 0. The molecule has 1 N–H and O–H groups in total. The highest BCUT2D eigenvalue weighted by Gasteiger charge is 2.27. The zero-order valence-electron chi connectivity index (χ0n) is 14.8. The third-order valence-corrected chi connectivity index (χ3v) is 3.88. The van der Waals surface area contributed by atoms with Crippen LogP contribution in [0.3, 0.4) is 0 Å². The maximum Gasteiger partial charge on any atom is 0.491 e. The Labute approximate surface area is 153 Å². The predicted octanol–water partition coefficient (Wildman–Crippen LogP) is 2.37. The van der Waals surface area contributed by atoms with Crippen LogP contribution in [0.5, 0.6) is 17.2 Å². The van der Waals surface area contributed by atoms with E-state index in [-0.39, 0.29) is 6.10 Å². The molecule has 2 aromatic rings. The van der Waals surface area contributed by atoms with Gasteiger partial charge in [0.05, 0.1) is 24.9 Å². The van der Waals surface area contributed by atoms with Crippen LogP contribution in [-0.4, -0.2) is 31.5 Å².